The highest BCUT2D eigenvalue weighted by atomic mass is 16.5. The van der Waals surface area contributed by atoms with Crippen LogP contribution in [-0.2, 0) is 16.1 Å². The summed E-state index contributed by atoms with van der Waals surface area (Å²) < 4.78 is 11.3. The lowest BCUT2D eigenvalue weighted by Crippen LogP contribution is -2.24. The van der Waals surface area contributed by atoms with Gasteiger partial charge in [-0.15, -0.1) is 0 Å². The SMILES string of the molecule is CCCNc1ccnc(COCC2CCCCO2)c1. The van der Waals surface area contributed by atoms with Crippen LogP contribution < -0.4 is 5.32 Å². The van der Waals surface area contributed by atoms with Gasteiger partial charge < -0.3 is 14.8 Å². The molecule has 1 fully saturated rings. The Morgan fingerprint density at radius 1 is 1.47 bits per heavy atom. The molecule has 1 atom stereocenters. The van der Waals surface area contributed by atoms with Crippen molar-refractivity contribution in [1.82, 2.24) is 4.98 Å². The van der Waals surface area contributed by atoms with E-state index in [0.717, 1.165) is 37.4 Å². The number of anilines is 1. The maximum atomic E-state index is 5.70. The van der Waals surface area contributed by atoms with Crippen LogP contribution >= 0.6 is 0 Å². The van der Waals surface area contributed by atoms with E-state index in [2.05, 4.69) is 23.3 Å². The third-order valence-electron chi connectivity index (χ3n) is 3.22. The van der Waals surface area contributed by atoms with Gasteiger partial charge in [0, 0.05) is 25.0 Å². The van der Waals surface area contributed by atoms with Crippen molar-refractivity contribution in [2.45, 2.75) is 45.3 Å². The number of hydrogen-bond donors (Lipinski definition) is 1. The summed E-state index contributed by atoms with van der Waals surface area (Å²) in [6.07, 6.45) is 6.77. The van der Waals surface area contributed by atoms with Crippen LogP contribution in [0.4, 0.5) is 5.69 Å². The number of aromatic nitrogens is 1. The van der Waals surface area contributed by atoms with E-state index in [0.29, 0.717) is 13.2 Å². The van der Waals surface area contributed by atoms with Crippen LogP contribution in [0.25, 0.3) is 0 Å². The van der Waals surface area contributed by atoms with E-state index in [1.807, 2.05) is 12.3 Å². The number of pyridine rings is 1. The quantitative estimate of drug-likeness (QED) is 0.822. The Balaban J connectivity index is 1.72. The smallest absolute Gasteiger partial charge is 0.0889 e. The number of nitrogens with zero attached hydrogens (tertiary/aromatic N) is 1. The maximum Gasteiger partial charge on any atom is 0.0889 e. The molecule has 1 aromatic heterocycles. The number of ether oxygens (including phenoxy) is 2. The van der Waals surface area contributed by atoms with Crippen molar-refractivity contribution in [2.24, 2.45) is 0 Å². The molecule has 4 nitrogen and oxygen atoms in total. The zero-order chi connectivity index (χ0) is 13.3. The minimum absolute atomic E-state index is 0.273. The highest BCUT2D eigenvalue weighted by molar-refractivity contribution is 5.42. The van der Waals surface area contributed by atoms with E-state index in [9.17, 15) is 0 Å². The minimum atomic E-state index is 0.273. The molecule has 2 rings (SSSR count). The average molecular weight is 264 g/mol. The summed E-state index contributed by atoms with van der Waals surface area (Å²) in [5, 5.41) is 3.35. The first-order valence-electron chi connectivity index (χ1n) is 7.26. The fourth-order valence-electron chi connectivity index (χ4n) is 2.17. The fraction of sp³-hybridized carbons (Fsp3) is 0.667. The average Bonchev–Trinajstić information content (AvgIpc) is 2.47. The van der Waals surface area contributed by atoms with Crippen molar-refractivity contribution >= 4 is 5.69 Å². The summed E-state index contributed by atoms with van der Waals surface area (Å²) in [6.45, 7) is 5.25. The summed E-state index contributed by atoms with van der Waals surface area (Å²) in [6, 6.07) is 4.04. The van der Waals surface area contributed by atoms with Crippen LogP contribution in [0.3, 0.4) is 0 Å². The lowest BCUT2D eigenvalue weighted by atomic mass is 10.1. The zero-order valence-electron chi connectivity index (χ0n) is 11.7. The Bertz CT molecular complexity index is 365. The second-order valence-electron chi connectivity index (χ2n) is 4.97. The summed E-state index contributed by atoms with van der Waals surface area (Å²) in [5.74, 6) is 0. The molecule has 0 amide bonds. The van der Waals surface area contributed by atoms with Gasteiger partial charge in [-0.1, -0.05) is 6.92 Å². The van der Waals surface area contributed by atoms with Crippen LogP contribution in [-0.4, -0.2) is 30.8 Å². The lowest BCUT2D eigenvalue weighted by molar-refractivity contribution is -0.0452. The van der Waals surface area contributed by atoms with Crippen LogP contribution in [0, 0.1) is 0 Å². The van der Waals surface area contributed by atoms with Crippen molar-refractivity contribution in [3.8, 4) is 0 Å². The molecule has 4 heteroatoms. The predicted octanol–water partition coefficient (Wildman–Crippen LogP) is 2.99. The van der Waals surface area contributed by atoms with Crippen LogP contribution in [0.5, 0.6) is 0 Å². The van der Waals surface area contributed by atoms with Crippen molar-refractivity contribution < 1.29 is 9.47 Å². The standard InChI is InChI=1S/C15H24N2O2/c1-2-7-16-13-6-8-17-14(10-13)11-18-12-15-5-3-4-9-19-15/h6,8,10,15H,2-5,7,9,11-12H2,1H3,(H,16,17). The molecular weight excluding hydrogens is 240 g/mol. The van der Waals surface area contributed by atoms with E-state index in [4.69, 9.17) is 9.47 Å². The molecular formula is C15H24N2O2. The van der Waals surface area contributed by atoms with Crippen LogP contribution in [0.2, 0.25) is 0 Å². The maximum absolute atomic E-state index is 5.70. The molecule has 0 spiro atoms. The van der Waals surface area contributed by atoms with E-state index >= 15 is 0 Å². The number of nitrogens with one attached hydrogen (secondary N) is 1. The predicted molar refractivity (Wildman–Crippen MR) is 76.3 cm³/mol. The first kappa shape index (κ1) is 14.3. The van der Waals surface area contributed by atoms with E-state index < -0.39 is 0 Å². The Kier molecular flexibility index (Phi) is 6.11. The molecule has 1 aliphatic rings. The summed E-state index contributed by atoms with van der Waals surface area (Å²) in [7, 11) is 0. The Morgan fingerprint density at radius 3 is 3.21 bits per heavy atom. The molecule has 0 radical (unpaired) electrons. The molecule has 1 saturated heterocycles. The fourth-order valence-corrected chi connectivity index (χ4v) is 2.17. The molecule has 0 aromatic carbocycles. The van der Waals surface area contributed by atoms with E-state index in [1.165, 1.54) is 12.8 Å². The summed E-state index contributed by atoms with van der Waals surface area (Å²) >= 11 is 0. The van der Waals surface area contributed by atoms with Gasteiger partial charge in [0.2, 0.25) is 0 Å². The van der Waals surface area contributed by atoms with Gasteiger partial charge in [-0.2, -0.15) is 0 Å². The molecule has 0 saturated carbocycles. The second kappa shape index (κ2) is 8.12. The summed E-state index contributed by atoms with van der Waals surface area (Å²) in [4.78, 5) is 4.32. The molecule has 106 valence electrons. The molecule has 1 aliphatic heterocycles. The van der Waals surface area contributed by atoms with E-state index in [1.54, 1.807) is 0 Å². The van der Waals surface area contributed by atoms with Crippen molar-refractivity contribution in [3.63, 3.8) is 0 Å². The molecule has 0 bridgehead atoms. The van der Waals surface area contributed by atoms with Gasteiger partial charge >= 0.3 is 0 Å². The lowest BCUT2D eigenvalue weighted by Gasteiger charge is -2.22. The molecule has 1 unspecified atom stereocenters. The molecule has 19 heavy (non-hydrogen) atoms. The number of rotatable bonds is 7. The minimum Gasteiger partial charge on any atom is -0.385 e. The highest BCUT2D eigenvalue weighted by Gasteiger charge is 2.13. The molecule has 0 aliphatic carbocycles. The molecule has 1 aromatic rings. The van der Waals surface area contributed by atoms with Gasteiger partial charge in [-0.25, -0.2) is 0 Å². The second-order valence-corrected chi connectivity index (χ2v) is 4.97. The third-order valence-corrected chi connectivity index (χ3v) is 3.22. The topological polar surface area (TPSA) is 43.4 Å². The zero-order valence-corrected chi connectivity index (χ0v) is 11.7. The van der Waals surface area contributed by atoms with Gasteiger partial charge in [0.25, 0.3) is 0 Å². The van der Waals surface area contributed by atoms with Crippen molar-refractivity contribution in [2.75, 3.05) is 25.1 Å². The monoisotopic (exact) mass is 264 g/mol. The van der Waals surface area contributed by atoms with E-state index in [-0.39, 0.29) is 6.10 Å². The van der Waals surface area contributed by atoms with Gasteiger partial charge in [0.05, 0.1) is 25.0 Å². The van der Waals surface area contributed by atoms with Gasteiger partial charge in [0.15, 0.2) is 0 Å². The Morgan fingerprint density at radius 2 is 2.42 bits per heavy atom. The highest BCUT2D eigenvalue weighted by Crippen LogP contribution is 2.14. The Labute approximate surface area is 115 Å². The van der Waals surface area contributed by atoms with Crippen molar-refractivity contribution in [3.05, 3.63) is 24.0 Å². The molecule has 2 heterocycles. The van der Waals surface area contributed by atoms with Gasteiger partial charge in [-0.3, -0.25) is 4.98 Å². The molecule has 1 N–H and O–H groups in total. The first-order chi connectivity index (χ1) is 9.38. The van der Waals surface area contributed by atoms with Gasteiger partial charge in [0.1, 0.15) is 0 Å². The largest absolute Gasteiger partial charge is 0.385 e. The van der Waals surface area contributed by atoms with Gasteiger partial charge in [-0.05, 0) is 37.8 Å². The summed E-state index contributed by atoms with van der Waals surface area (Å²) in [5.41, 5.74) is 2.08. The normalized spacial score (nSPS) is 19.3. The first-order valence-corrected chi connectivity index (χ1v) is 7.26. The third kappa shape index (κ3) is 5.17. The van der Waals surface area contributed by atoms with Crippen LogP contribution in [0.1, 0.15) is 38.3 Å². The Hall–Kier alpha value is -1.13. The number of hydrogen-bond acceptors (Lipinski definition) is 4. The van der Waals surface area contributed by atoms with Crippen LogP contribution in [0.15, 0.2) is 18.3 Å². The van der Waals surface area contributed by atoms with Crippen molar-refractivity contribution in [1.29, 1.82) is 0 Å².